The molecule has 1 N–H and O–H groups in total. The van der Waals surface area contributed by atoms with Gasteiger partial charge in [0.15, 0.2) is 0 Å². The summed E-state index contributed by atoms with van der Waals surface area (Å²) < 4.78 is 42.8. The highest BCUT2D eigenvalue weighted by Crippen LogP contribution is 2.27. The third-order valence-corrected chi connectivity index (χ3v) is 7.75. The van der Waals surface area contributed by atoms with Gasteiger partial charge in [-0.15, -0.1) is 0 Å². The number of carbonyl (C=O) groups is 1. The molecule has 1 unspecified atom stereocenters. The Morgan fingerprint density at radius 2 is 1.75 bits per heavy atom. The van der Waals surface area contributed by atoms with Crippen molar-refractivity contribution >= 4 is 15.9 Å². The number of rotatable bonds is 6. The van der Waals surface area contributed by atoms with Gasteiger partial charge in [0.2, 0.25) is 15.9 Å². The van der Waals surface area contributed by atoms with Gasteiger partial charge in [0.05, 0.1) is 0 Å². The fourth-order valence-electron chi connectivity index (χ4n) is 4.01. The molecule has 168 valence electrons. The second-order valence-electron chi connectivity index (χ2n) is 7.86. The van der Waals surface area contributed by atoms with Crippen molar-refractivity contribution in [2.24, 2.45) is 13.0 Å². The predicted octanol–water partition coefficient (Wildman–Crippen LogP) is 2.87. The number of hydrogen-bond acceptors (Lipinski definition) is 4. The maximum Gasteiger partial charge on any atom is 0.245 e. The lowest BCUT2D eigenvalue weighted by Crippen LogP contribution is -2.44. The number of carbonyl (C=O) groups excluding carboxylic acids is 1. The Labute approximate surface area is 186 Å². The Morgan fingerprint density at radius 3 is 2.38 bits per heavy atom. The fraction of sp³-hybridized carbons (Fsp3) is 0.304. The molecule has 1 fully saturated rings. The van der Waals surface area contributed by atoms with Gasteiger partial charge in [0, 0.05) is 38.4 Å². The van der Waals surface area contributed by atoms with Gasteiger partial charge in [0.25, 0.3) is 0 Å². The van der Waals surface area contributed by atoms with E-state index in [0.29, 0.717) is 18.7 Å². The van der Waals surface area contributed by atoms with Gasteiger partial charge in [-0.25, -0.2) is 17.8 Å². The van der Waals surface area contributed by atoms with Crippen LogP contribution in [0.25, 0.3) is 0 Å². The summed E-state index contributed by atoms with van der Waals surface area (Å²) in [4.78, 5) is 17.2. The van der Waals surface area contributed by atoms with E-state index in [-0.39, 0.29) is 29.8 Å². The van der Waals surface area contributed by atoms with Crippen LogP contribution in [0.15, 0.2) is 71.9 Å². The third-order valence-electron chi connectivity index (χ3n) is 5.82. The average molecular weight is 457 g/mol. The highest BCUT2D eigenvalue weighted by Gasteiger charge is 2.34. The van der Waals surface area contributed by atoms with Crippen molar-refractivity contribution in [3.05, 3.63) is 84.2 Å². The predicted molar refractivity (Wildman–Crippen MR) is 118 cm³/mol. The second kappa shape index (κ2) is 9.22. The Bertz CT molecular complexity index is 1190. The summed E-state index contributed by atoms with van der Waals surface area (Å²) in [5, 5.41) is 3.09. The molecule has 1 atom stereocenters. The van der Waals surface area contributed by atoms with Gasteiger partial charge in [0.1, 0.15) is 22.6 Å². The van der Waals surface area contributed by atoms with Gasteiger partial charge in [-0.1, -0.05) is 42.5 Å². The normalized spacial score (nSPS) is 16.6. The zero-order valence-corrected chi connectivity index (χ0v) is 18.5. The molecular weight excluding hydrogens is 431 g/mol. The topological polar surface area (TPSA) is 84.3 Å². The molecule has 1 amide bonds. The number of nitrogens with one attached hydrogen (secondary N) is 1. The molecule has 4 rings (SSSR count). The first-order valence-electron chi connectivity index (χ1n) is 10.4. The molecule has 1 aliphatic heterocycles. The van der Waals surface area contributed by atoms with E-state index in [1.165, 1.54) is 22.5 Å². The van der Waals surface area contributed by atoms with Crippen LogP contribution in [-0.4, -0.2) is 41.3 Å². The minimum Gasteiger partial charge on any atom is -0.342 e. The Hall–Kier alpha value is -3.04. The maximum absolute atomic E-state index is 14.0. The summed E-state index contributed by atoms with van der Waals surface area (Å²) in [6.45, 7) is 0.320. The van der Waals surface area contributed by atoms with Gasteiger partial charge < -0.3 is 9.88 Å². The van der Waals surface area contributed by atoms with Crippen LogP contribution in [0, 0.1) is 11.7 Å². The molecule has 1 aromatic heterocycles. The molecule has 3 aromatic rings. The first-order chi connectivity index (χ1) is 15.4. The van der Waals surface area contributed by atoms with Crippen molar-refractivity contribution in [2.75, 3.05) is 13.1 Å². The number of sulfonamides is 1. The van der Waals surface area contributed by atoms with Crippen LogP contribution in [0.3, 0.4) is 0 Å². The number of imidazole rings is 1. The summed E-state index contributed by atoms with van der Waals surface area (Å²) in [7, 11) is -2.06. The number of amides is 1. The zero-order valence-electron chi connectivity index (χ0n) is 17.7. The van der Waals surface area contributed by atoms with Crippen LogP contribution in [0.1, 0.15) is 30.3 Å². The number of benzene rings is 2. The summed E-state index contributed by atoms with van der Waals surface area (Å²) in [5.41, 5.74) is 0.912. The van der Waals surface area contributed by atoms with Crippen LogP contribution in [0.4, 0.5) is 4.39 Å². The number of nitrogens with zero attached hydrogens (tertiary/aromatic N) is 3. The second-order valence-corrected chi connectivity index (χ2v) is 9.76. The molecule has 0 spiro atoms. The van der Waals surface area contributed by atoms with Gasteiger partial charge >= 0.3 is 0 Å². The van der Waals surface area contributed by atoms with Crippen LogP contribution in [0.2, 0.25) is 0 Å². The van der Waals surface area contributed by atoms with Crippen molar-refractivity contribution in [3.63, 3.8) is 0 Å². The van der Waals surface area contributed by atoms with E-state index in [2.05, 4.69) is 10.3 Å². The van der Waals surface area contributed by atoms with Crippen molar-refractivity contribution in [2.45, 2.75) is 23.8 Å². The molecule has 0 radical (unpaired) electrons. The minimum atomic E-state index is -3.94. The summed E-state index contributed by atoms with van der Waals surface area (Å²) in [6, 6.07) is 14.5. The first-order valence-corrected chi connectivity index (χ1v) is 11.9. The van der Waals surface area contributed by atoms with Gasteiger partial charge in [-0.2, -0.15) is 4.31 Å². The molecule has 7 nitrogen and oxygen atoms in total. The van der Waals surface area contributed by atoms with E-state index >= 15 is 0 Å². The quantitative estimate of drug-likeness (QED) is 0.618. The minimum absolute atomic E-state index is 0.148. The molecule has 9 heteroatoms. The smallest absolute Gasteiger partial charge is 0.245 e. The Morgan fingerprint density at radius 1 is 1.09 bits per heavy atom. The summed E-state index contributed by atoms with van der Waals surface area (Å²) in [6.07, 6.45) is 4.23. The average Bonchev–Trinajstić information content (AvgIpc) is 3.23. The van der Waals surface area contributed by atoms with Gasteiger partial charge in [-0.3, -0.25) is 4.79 Å². The molecule has 2 heterocycles. The number of piperidine rings is 1. The van der Waals surface area contributed by atoms with Crippen LogP contribution in [0.5, 0.6) is 0 Å². The third kappa shape index (κ3) is 4.44. The van der Waals surface area contributed by atoms with Crippen LogP contribution >= 0.6 is 0 Å². The van der Waals surface area contributed by atoms with E-state index in [0.717, 1.165) is 11.6 Å². The number of halogens is 1. The van der Waals surface area contributed by atoms with E-state index in [4.69, 9.17) is 0 Å². The van der Waals surface area contributed by atoms with Gasteiger partial charge in [-0.05, 0) is 30.5 Å². The Balaban J connectivity index is 1.46. The monoisotopic (exact) mass is 456 g/mol. The standard InChI is InChI=1S/C23H25FN4O3S/c1-27-16-13-25-22(27)21(17-7-3-2-4-8-17)26-23(29)18-11-14-28(15-12-18)32(30,31)20-10-6-5-9-19(20)24/h2-10,13,16,18,21H,11-12,14-15H2,1H3,(H,26,29). The summed E-state index contributed by atoms with van der Waals surface area (Å²) >= 11 is 0. The van der Waals surface area contributed by atoms with Crippen molar-refractivity contribution in [1.82, 2.24) is 19.2 Å². The number of aromatic nitrogens is 2. The molecule has 0 bridgehead atoms. The molecule has 0 saturated carbocycles. The highest BCUT2D eigenvalue weighted by molar-refractivity contribution is 7.89. The SMILES string of the molecule is Cn1ccnc1C(NC(=O)C1CCN(S(=O)(=O)c2ccccc2F)CC1)c1ccccc1. The lowest BCUT2D eigenvalue weighted by molar-refractivity contribution is -0.126. The molecule has 1 aliphatic rings. The first kappa shape index (κ1) is 22.2. The maximum atomic E-state index is 14.0. The molecule has 32 heavy (non-hydrogen) atoms. The lowest BCUT2D eigenvalue weighted by atomic mass is 9.96. The van der Waals surface area contributed by atoms with Crippen LogP contribution < -0.4 is 5.32 Å². The van der Waals surface area contributed by atoms with Crippen LogP contribution in [-0.2, 0) is 21.9 Å². The van der Waals surface area contributed by atoms with E-state index in [9.17, 15) is 17.6 Å². The fourth-order valence-corrected chi connectivity index (χ4v) is 5.54. The zero-order chi connectivity index (χ0) is 22.7. The van der Waals surface area contributed by atoms with E-state index < -0.39 is 21.9 Å². The lowest BCUT2D eigenvalue weighted by Gasteiger charge is -2.31. The van der Waals surface area contributed by atoms with Crippen molar-refractivity contribution < 1.29 is 17.6 Å². The molecule has 2 aromatic carbocycles. The molecule has 0 aliphatic carbocycles. The molecular formula is C23H25FN4O3S. The highest BCUT2D eigenvalue weighted by atomic mass is 32.2. The number of aryl methyl sites for hydroxylation is 1. The summed E-state index contributed by atoms with van der Waals surface area (Å²) in [5.74, 6) is -0.546. The number of hydrogen-bond donors (Lipinski definition) is 1. The Kier molecular flexibility index (Phi) is 6.38. The largest absolute Gasteiger partial charge is 0.342 e. The van der Waals surface area contributed by atoms with Crippen molar-refractivity contribution in [1.29, 1.82) is 0 Å². The van der Waals surface area contributed by atoms with E-state index in [1.54, 1.807) is 6.20 Å². The van der Waals surface area contributed by atoms with Crippen molar-refractivity contribution in [3.8, 4) is 0 Å². The molecule has 1 saturated heterocycles. The van der Waals surface area contributed by atoms with E-state index in [1.807, 2.05) is 48.1 Å².